The van der Waals surface area contributed by atoms with E-state index in [1.54, 1.807) is 18.2 Å². The molecule has 0 aliphatic heterocycles. The summed E-state index contributed by atoms with van der Waals surface area (Å²) in [5.74, 6) is 0.402. The summed E-state index contributed by atoms with van der Waals surface area (Å²) in [7, 11) is 0. The lowest BCUT2D eigenvalue weighted by atomic mass is 10.0. The van der Waals surface area contributed by atoms with Crippen molar-refractivity contribution in [2.75, 3.05) is 0 Å². The molecule has 1 aromatic rings. The Hall–Kier alpha value is -0.640. The van der Waals surface area contributed by atoms with Crippen molar-refractivity contribution >= 4 is 15.9 Å². The Morgan fingerprint density at radius 3 is 2.43 bits per heavy atom. The molecule has 78 valence electrons. The monoisotopic (exact) mass is 264 g/mol. The van der Waals surface area contributed by atoms with Crippen molar-refractivity contribution in [1.29, 1.82) is 0 Å². The highest BCUT2D eigenvalue weighted by Gasteiger charge is 2.12. The van der Waals surface area contributed by atoms with Crippen molar-refractivity contribution in [3.63, 3.8) is 0 Å². The number of alkyl halides is 2. The summed E-state index contributed by atoms with van der Waals surface area (Å²) >= 11 is 3.29. The fourth-order valence-corrected chi connectivity index (χ4v) is 1.55. The zero-order chi connectivity index (χ0) is 10.7. The second-order valence-corrected chi connectivity index (χ2v) is 4.13. The third kappa shape index (κ3) is 2.94. The van der Waals surface area contributed by atoms with Gasteiger partial charge in [0.05, 0.1) is 0 Å². The average molecular weight is 265 g/mol. The van der Waals surface area contributed by atoms with Crippen LogP contribution in [0.5, 0.6) is 5.75 Å². The molecule has 0 amide bonds. The summed E-state index contributed by atoms with van der Waals surface area (Å²) in [6.45, 7) is 1.09. The smallest absolute Gasteiger partial charge is 0.387 e. The van der Waals surface area contributed by atoms with Crippen LogP contribution in [0.4, 0.5) is 8.78 Å². The van der Waals surface area contributed by atoms with Gasteiger partial charge in [-0.15, -0.1) is 0 Å². The summed E-state index contributed by atoms with van der Waals surface area (Å²) in [5.41, 5.74) is 0.777. The Kier molecular flexibility index (Phi) is 3.86. The van der Waals surface area contributed by atoms with Crippen LogP contribution in [0.2, 0.25) is 0 Å². The van der Waals surface area contributed by atoms with E-state index in [1.807, 2.05) is 13.8 Å². The average Bonchev–Trinajstić information content (AvgIpc) is 2.07. The van der Waals surface area contributed by atoms with Crippen molar-refractivity contribution in [3.05, 3.63) is 28.2 Å². The standard InChI is InChI=1S/C10H11BrF2O/c1-6(2)8-5-7(11)3-4-9(8)14-10(12)13/h3-6,10H,1-2H3. The Morgan fingerprint density at radius 2 is 1.93 bits per heavy atom. The topological polar surface area (TPSA) is 9.23 Å². The molecule has 0 bridgehead atoms. The van der Waals surface area contributed by atoms with Crippen LogP contribution in [0.3, 0.4) is 0 Å². The van der Waals surface area contributed by atoms with Gasteiger partial charge in [0.15, 0.2) is 0 Å². The molecule has 1 aromatic carbocycles. The fourth-order valence-electron chi connectivity index (χ4n) is 1.17. The lowest BCUT2D eigenvalue weighted by Gasteiger charge is -2.13. The summed E-state index contributed by atoms with van der Waals surface area (Å²) in [6, 6.07) is 5.03. The van der Waals surface area contributed by atoms with Crippen molar-refractivity contribution < 1.29 is 13.5 Å². The molecule has 1 nitrogen and oxygen atoms in total. The van der Waals surface area contributed by atoms with Gasteiger partial charge in [0.25, 0.3) is 0 Å². The Balaban J connectivity index is 3.02. The summed E-state index contributed by atoms with van der Waals surface area (Å²) in [4.78, 5) is 0. The first kappa shape index (κ1) is 11.4. The molecule has 0 aliphatic carbocycles. The molecular formula is C10H11BrF2O. The van der Waals surface area contributed by atoms with E-state index in [0.29, 0.717) is 0 Å². The third-order valence-corrected chi connectivity index (χ3v) is 2.30. The molecule has 0 saturated heterocycles. The van der Waals surface area contributed by atoms with Gasteiger partial charge < -0.3 is 4.74 Å². The van der Waals surface area contributed by atoms with Gasteiger partial charge in [-0.05, 0) is 29.7 Å². The van der Waals surface area contributed by atoms with Crippen molar-refractivity contribution in [2.45, 2.75) is 26.4 Å². The number of hydrogen-bond donors (Lipinski definition) is 0. The highest BCUT2D eigenvalue weighted by atomic mass is 79.9. The fraction of sp³-hybridized carbons (Fsp3) is 0.400. The molecule has 0 spiro atoms. The first-order valence-electron chi connectivity index (χ1n) is 4.25. The molecule has 0 saturated carbocycles. The van der Waals surface area contributed by atoms with E-state index in [1.165, 1.54) is 0 Å². The lowest BCUT2D eigenvalue weighted by Crippen LogP contribution is -2.05. The zero-order valence-electron chi connectivity index (χ0n) is 7.93. The summed E-state index contributed by atoms with van der Waals surface area (Å²) in [5, 5.41) is 0. The molecule has 0 fully saturated rings. The molecule has 0 unspecified atom stereocenters. The van der Waals surface area contributed by atoms with Crippen LogP contribution in [-0.2, 0) is 0 Å². The normalized spacial score (nSPS) is 11.1. The minimum Gasteiger partial charge on any atom is -0.435 e. The van der Waals surface area contributed by atoms with Gasteiger partial charge in [0, 0.05) is 4.47 Å². The quantitative estimate of drug-likeness (QED) is 0.796. The number of hydrogen-bond acceptors (Lipinski definition) is 1. The van der Waals surface area contributed by atoms with Crippen molar-refractivity contribution in [2.24, 2.45) is 0 Å². The van der Waals surface area contributed by atoms with E-state index in [4.69, 9.17) is 0 Å². The second-order valence-electron chi connectivity index (χ2n) is 3.22. The minimum atomic E-state index is -2.77. The van der Waals surface area contributed by atoms with E-state index >= 15 is 0 Å². The first-order chi connectivity index (χ1) is 6.50. The van der Waals surface area contributed by atoms with Gasteiger partial charge in [-0.3, -0.25) is 0 Å². The van der Waals surface area contributed by atoms with E-state index in [2.05, 4.69) is 20.7 Å². The Morgan fingerprint density at radius 1 is 1.29 bits per heavy atom. The van der Waals surface area contributed by atoms with Gasteiger partial charge in [-0.25, -0.2) is 0 Å². The molecule has 0 atom stereocenters. The highest BCUT2D eigenvalue weighted by Crippen LogP contribution is 2.30. The molecule has 0 aliphatic rings. The number of rotatable bonds is 3. The van der Waals surface area contributed by atoms with Gasteiger partial charge in [0.1, 0.15) is 5.75 Å². The van der Waals surface area contributed by atoms with E-state index in [9.17, 15) is 8.78 Å². The summed E-state index contributed by atoms with van der Waals surface area (Å²) < 4.78 is 29.3. The number of benzene rings is 1. The first-order valence-corrected chi connectivity index (χ1v) is 5.04. The molecular weight excluding hydrogens is 254 g/mol. The van der Waals surface area contributed by atoms with Crippen molar-refractivity contribution in [1.82, 2.24) is 0 Å². The largest absolute Gasteiger partial charge is 0.435 e. The summed E-state index contributed by atoms with van der Waals surface area (Å²) in [6.07, 6.45) is 0. The number of ether oxygens (including phenoxy) is 1. The van der Waals surface area contributed by atoms with Crippen LogP contribution in [0.1, 0.15) is 25.3 Å². The highest BCUT2D eigenvalue weighted by molar-refractivity contribution is 9.10. The zero-order valence-corrected chi connectivity index (χ0v) is 9.51. The maximum absolute atomic E-state index is 12.0. The molecule has 1 rings (SSSR count). The van der Waals surface area contributed by atoms with Gasteiger partial charge in [-0.2, -0.15) is 8.78 Å². The van der Waals surface area contributed by atoms with Crippen LogP contribution >= 0.6 is 15.9 Å². The SMILES string of the molecule is CC(C)c1cc(Br)ccc1OC(F)F. The molecule has 14 heavy (non-hydrogen) atoms. The van der Waals surface area contributed by atoms with Crippen LogP contribution in [0.15, 0.2) is 22.7 Å². The maximum atomic E-state index is 12.0. The predicted molar refractivity (Wildman–Crippen MR) is 54.9 cm³/mol. The Labute approximate surface area is 90.2 Å². The Bertz CT molecular complexity index is 313. The van der Waals surface area contributed by atoms with Gasteiger partial charge in [0.2, 0.25) is 0 Å². The number of halogens is 3. The van der Waals surface area contributed by atoms with Crippen LogP contribution in [-0.4, -0.2) is 6.61 Å². The van der Waals surface area contributed by atoms with Gasteiger partial charge in [-0.1, -0.05) is 29.8 Å². The minimum absolute atomic E-state index is 0.154. The maximum Gasteiger partial charge on any atom is 0.387 e. The molecule has 4 heteroatoms. The molecule has 0 aromatic heterocycles. The lowest BCUT2D eigenvalue weighted by molar-refractivity contribution is -0.0505. The van der Waals surface area contributed by atoms with Crippen LogP contribution in [0.25, 0.3) is 0 Å². The van der Waals surface area contributed by atoms with E-state index in [-0.39, 0.29) is 11.7 Å². The molecule has 0 radical (unpaired) electrons. The third-order valence-electron chi connectivity index (χ3n) is 1.81. The van der Waals surface area contributed by atoms with E-state index in [0.717, 1.165) is 10.0 Å². The molecule has 0 N–H and O–H groups in total. The van der Waals surface area contributed by atoms with Crippen molar-refractivity contribution in [3.8, 4) is 5.75 Å². The van der Waals surface area contributed by atoms with E-state index < -0.39 is 6.61 Å². The predicted octanol–water partition coefficient (Wildman–Crippen LogP) is 4.17. The molecule has 0 heterocycles. The second kappa shape index (κ2) is 4.73. The van der Waals surface area contributed by atoms with Crippen LogP contribution < -0.4 is 4.74 Å². The van der Waals surface area contributed by atoms with Crippen LogP contribution in [0, 0.1) is 0 Å². The van der Waals surface area contributed by atoms with Gasteiger partial charge >= 0.3 is 6.61 Å².